The molecule has 0 bridgehead atoms. The minimum Gasteiger partial charge on any atom is -0.394 e. The van der Waals surface area contributed by atoms with Crippen LogP contribution in [0, 0.1) is 0 Å². The highest BCUT2D eigenvalue weighted by Gasteiger charge is 2.22. The fraction of sp³-hybridized carbons (Fsp3) is 0.750. The van der Waals surface area contributed by atoms with Crippen LogP contribution in [0.2, 0.25) is 0 Å². The van der Waals surface area contributed by atoms with Gasteiger partial charge in [-0.2, -0.15) is 5.10 Å². The first-order valence-corrected chi connectivity index (χ1v) is 6.19. The van der Waals surface area contributed by atoms with Crippen LogP contribution in [0.4, 0.5) is 11.5 Å². The zero-order valence-corrected chi connectivity index (χ0v) is 12.0. The van der Waals surface area contributed by atoms with E-state index in [1.807, 2.05) is 33.0 Å². The van der Waals surface area contributed by atoms with Crippen LogP contribution >= 0.6 is 0 Å². The van der Waals surface area contributed by atoms with Crippen molar-refractivity contribution in [3.05, 3.63) is 5.69 Å². The number of nitrogen functional groups attached to an aromatic ring is 1. The van der Waals surface area contributed by atoms with Crippen molar-refractivity contribution in [3.63, 3.8) is 0 Å². The van der Waals surface area contributed by atoms with Gasteiger partial charge < -0.3 is 21.1 Å². The van der Waals surface area contributed by atoms with Crippen LogP contribution in [-0.4, -0.2) is 52.6 Å². The number of aliphatic hydroxyl groups is 1. The number of nitrogens with zero attached hydrogens (tertiary/aromatic N) is 3. The van der Waals surface area contributed by atoms with Crippen molar-refractivity contribution in [3.8, 4) is 0 Å². The van der Waals surface area contributed by atoms with Crippen LogP contribution < -0.4 is 11.1 Å². The van der Waals surface area contributed by atoms with E-state index in [1.54, 1.807) is 11.6 Å². The second-order valence-corrected chi connectivity index (χ2v) is 5.27. The van der Waals surface area contributed by atoms with Gasteiger partial charge in [-0.15, -0.1) is 0 Å². The molecule has 1 heterocycles. The van der Waals surface area contributed by atoms with Crippen LogP contribution in [0.15, 0.2) is 0 Å². The third kappa shape index (κ3) is 3.61. The molecule has 0 aliphatic carbocycles. The number of aromatic nitrogens is 2. The lowest BCUT2D eigenvalue weighted by atomic mass is 10.1. The number of nitrogens with one attached hydrogen (secondary N) is 1. The lowest BCUT2D eigenvalue weighted by Gasteiger charge is -2.27. The molecule has 0 saturated heterocycles. The third-order valence-electron chi connectivity index (χ3n) is 2.79. The second-order valence-electron chi connectivity index (χ2n) is 5.27. The first-order valence-electron chi connectivity index (χ1n) is 6.19. The Morgan fingerprint density at radius 1 is 1.50 bits per heavy atom. The van der Waals surface area contributed by atoms with Gasteiger partial charge in [0.05, 0.1) is 17.0 Å². The Bertz CT molecular complexity index is 397. The maximum absolute atomic E-state index is 10.2. The van der Waals surface area contributed by atoms with Gasteiger partial charge in [-0.05, 0) is 27.4 Å². The summed E-state index contributed by atoms with van der Waals surface area (Å²) in [7, 11) is 5.71. The molecule has 0 aliphatic heterocycles. The summed E-state index contributed by atoms with van der Waals surface area (Å²) in [5.74, 6) is 0.769. The summed E-state index contributed by atoms with van der Waals surface area (Å²) in [6.07, 6.45) is 0.801. The summed E-state index contributed by atoms with van der Waals surface area (Å²) < 4.78 is 1.72. The molecule has 0 saturated carbocycles. The van der Waals surface area contributed by atoms with Gasteiger partial charge in [-0.25, -0.2) is 0 Å². The van der Waals surface area contributed by atoms with E-state index in [0.717, 1.165) is 17.9 Å². The molecule has 6 heteroatoms. The molecule has 1 aromatic rings. The van der Waals surface area contributed by atoms with Crippen molar-refractivity contribution in [1.29, 1.82) is 0 Å². The molecule has 0 fully saturated rings. The average Bonchev–Trinajstić information content (AvgIpc) is 2.49. The number of hydrogen-bond donors (Lipinski definition) is 3. The van der Waals surface area contributed by atoms with Crippen LogP contribution in [0.3, 0.4) is 0 Å². The number of anilines is 2. The van der Waals surface area contributed by atoms with Gasteiger partial charge in [0.2, 0.25) is 0 Å². The Kier molecular flexibility index (Phi) is 4.59. The molecule has 1 rings (SSSR count). The molecule has 1 unspecified atom stereocenters. The summed E-state index contributed by atoms with van der Waals surface area (Å²) in [5, 5.41) is 17.7. The van der Waals surface area contributed by atoms with Gasteiger partial charge >= 0.3 is 0 Å². The van der Waals surface area contributed by atoms with Gasteiger partial charge in [0.1, 0.15) is 5.82 Å². The second kappa shape index (κ2) is 5.58. The number of nitrogens with two attached hydrogens (primary N) is 1. The Morgan fingerprint density at radius 3 is 2.56 bits per heavy atom. The Balaban J connectivity index is 2.71. The minimum atomic E-state index is -0.813. The largest absolute Gasteiger partial charge is 0.394 e. The quantitative estimate of drug-likeness (QED) is 0.681. The lowest BCUT2D eigenvalue weighted by Crippen LogP contribution is -2.43. The van der Waals surface area contributed by atoms with E-state index >= 15 is 0 Å². The topological polar surface area (TPSA) is 79.3 Å². The smallest absolute Gasteiger partial charge is 0.147 e. The first kappa shape index (κ1) is 14.8. The fourth-order valence-corrected chi connectivity index (χ4v) is 2.08. The lowest BCUT2D eigenvalue weighted by molar-refractivity contribution is 0.0458. The van der Waals surface area contributed by atoms with Crippen LogP contribution in [0.1, 0.15) is 19.5 Å². The summed E-state index contributed by atoms with van der Waals surface area (Å²) in [6.45, 7) is 4.83. The highest BCUT2D eigenvalue weighted by molar-refractivity contribution is 5.65. The third-order valence-corrected chi connectivity index (χ3v) is 2.79. The van der Waals surface area contributed by atoms with Gasteiger partial charge in [-0.1, -0.05) is 6.92 Å². The molecule has 0 amide bonds. The number of rotatable bonds is 6. The highest BCUT2D eigenvalue weighted by Crippen LogP contribution is 2.22. The molecule has 0 radical (unpaired) electrons. The molecule has 18 heavy (non-hydrogen) atoms. The van der Waals surface area contributed by atoms with E-state index in [9.17, 15) is 5.11 Å². The summed E-state index contributed by atoms with van der Waals surface area (Å²) in [5.41, 5.74) is 6.74. The van der Waals surface area contributed by atoms with E-state index in [4.69, 9.17) is 5.73 Å². The number of aryl methyl sites for hydroxylation is 2. The number of hydrogen-bond acceptors (Lipinski definition) is 5. The average molecular weight is 255 g/mol. The molecular formula is C12H25N5O. The van der Waals surface area contributed by atoms with Crippen molar-refractivity contribution < 1.29 is 5.11 Å². The summed E-state index contributed by atoms with van der Waals surface area (Å²) in [6, 6.07) is 0. The van der Waals surface area contributed by atoms with E-state index in [-0.39, 0.29) is 0 Å². The molecule has 104 valence electrons. The van der Waals surface area contributed by atoms with Crippen LogP contribution in [0.5, 0.6) is 0 Å². The standard InChI is InChI=1S/C12H25N5O/c1-6-9-10(13)11(17(5)15-9)14-7-12(2,18)8-16(3)4/h14,18H,6-8,13H2,1-5H3. The van der Waals surface area contributed by atoms with Crippen molar-refractivity contribution in [2.24, 2.45) is 7.05 Å². The van der Waals surface area contributed by atoms with Crippen LogP contribution in [0.25, 0.3) is 0 Å². The Morgan fingerprint density at radius 2 is 2.11 bits per heavy atom. The minimum absolute atomic E-state index is 0.429. The monoisotopic (exact) mass is 255 g/mol. The fourth-order valence-electron chi connectivity index (χ4n) is 2.08. The molecule has 0 aromatic carbocycles. The molecule has 0 spiro atoms. The summed E-state index contributed by atoms with van der Waals surface area (Å²) in [4.78, 5) is 1.95. The number of likely N-dealkylation sites (N-methyl/N-ethyl adjacent to an activating group) is 1. The highest BCUT2D eigenvalue weighted by atomic mass is 16.3. The normalized spacial score (nSPS) is 14.8. The van der Waals surface area contributed by atoms with Crippen molar-refractivity contribution in [2.75, 3.05) is 38.2 Å². The summed E-state index contributed by atoms with van der Waals surface area (Å²) >= 11 is 0. The van der Waals surface area contributed by atoms with E-state index in [0.29, 0.717) is 18.8 Å². The Labute approximate surface area is 109 Å². The SMILES string of the molecule is CCc1nn(C)c(NCC(C)(O)CN(C)C)c1N. The predicted molar refractivity (Wildman–Crippen MR) is 74.7 cm³/mol. The Hall–Kier alpha value is -1.27. The van der Waals surface area contributed by atoms with E-state index in [1.165, 1.54) is 0 Å². The molecule has 4 N–H and O–H groups in total. The first-order chi connectivity index (χ1) is 8.26. The van der Waals surface area contributed by atoms with E-state index < -0.39 is 5.60 Å². The zero-order chi connectivity index (χ0) is 13.9. The molecule has 1 aromatic heterocycles. The maximum atomic E-state index is 10.2. The molecule has 6 nitrogen and oxygen atoms in total. The maximum Gasteiger partial charge on any atom is 0.147 e. The van der Waals surface area contributed by atoms with Crippen molar-refractivity contribution in [2.45, 2.75) is 25.9 Å². The predicted octanol–water partition coefficient (Wildman–Crippen LogP) is 0.289. The van der Waals surface area contributed by atoms with Gasteiger partial charge in [0.15, 0.2) is 0 Å². The van der Waals surface area contributed by atoms with Crippen molar-refractivity contribution in [1.82, 2.24) is 14.7 Å². The van der Waals surface area contributed by atoms with Gasteiger partial charge in [0, 0.05) is 20.1 Å². The van der Waals surface area contributed by atoms with Gasteiger partial charge in [-0.3, -0.25) is 4.68 Å². The van der Waals surface area contributed by atoms with E-state index in [2.05, 4.69) is 10.4 Å². The molecular weight excluding hydrogens is 230 g/mol. The zero-order valence-electron chi connectivity index (χ0n) is 12.0. The molecule has 0 aliphatic rings. The van der Waals surface area contributed by atoms with Gasteiger partial charge in [0.25, 0.3) is 0 Å². The van der Waals surface area contributed by atoms with Crippen LogP contribution in [-0.2, 0) is 13.5 Å². The van der Waals surface area contributed by atoms with Crippen molar-refractivity contribution >= 4 is 11.5 Å². The molecule has 1 atom stereocenters.